The minimum Gasteiger partial charge on any atom is -0.352 e. The van der Waals surface area contributed by atoms with Crippen molar-refractivity contribution in [3.63, 3.8) is 0 Å². The van der Waals surface area contributed by atoms with Crippen LogP contribution in [0.1, 0.15) is 62.9 Å². The normalized spacial score (nSPS) is 17.8. The maximum absolute atomic E-state index is 13.8. The van der Waals surface area contributed by atoms with Gasteiger partial charge in [-0.3, -0.25) is 9.59 Å². The summed E-state index contributed by atoms with van der Waals surface area (Å²) in [5, 5.41) is 5.82. The van der Waals surface area contributed by atoms with E-state index in [1.54, 1.807) is 16.4 Å². The molecule has 0 unspecified atom stereocenters. The molecule has 0 bridgehead atoms. The van der Waals surface area contributed by atoms with Crippen LogP contribution in [0.15, 0.2) is 72.1 Å². The quantitative estimate of drug-likeness (QED) is 0.392. The molecular formula is C28H37N3O4S. The van der Waals surface area contributed by atoms with E-state index in [1.807, 2.05) is 45.9 Å². The van der Waals surface area contributed by atoms with Gasteiger partial charge in [0.1, 0.15) is 0 Å². The van der Waals surface area contributed by atoms with E-state index in [-0.39, 0.29) is 22.8 Å². The molecule has 8 heteroatoms. The summed E-state index contributed by atoms with van der Waals surface area (Å²) in [7, 11) is -3.86. The Kier molecular flexibility index (Phi) is 8.41. The molecule has 0 aliphatic carbocycles. The fourth-order valence-corrected chi connectivity index (χ4v) is 7.54. The number of hydrogen-bond donors (Lipinski definition) is 2. The Morgan fingerprint density at radius 2 is 1.58 bits per heavy atom. The first-order valence-electron chi connectivity index (χ1n) is 12.3. The van der Waals surface area contributed by atoms with Crippen LogP contribution < -0.4 is 10.6 Å². The van der Waals surface area contributed by atoms with E-state index in [0.29, 0.717) is 24.9 Å². The lowest BCUT2D eigenvalue weighted by Gasteiger charge is -2.53. The first-order chi connectivity index (χ1) is 16.9. The summed E-state index contributed by atoms with van der Waals surface area (Å²) >= 11 is 0. The number of carbonyl (C=O) groups is 2. The number of piperidine rings is 1. The molecule has 7 nitrogen and oxygen atoms in total. The monoisotopic (exact) mass is 511 g/mol. The second kappa shape index (κ2) is 11.0. The lowest BCUT2D eigenvalue weighted by Crippen LogP contribution is -2.65. The number of nitrogens with one attached hydrogen (secondary N) is 2. The van der Waals surface area contributed by atoms with Crippen molar-refractivity contribution in [2.24, 2.45) is 0 Å². The van der Waals surface area contributed by atoms with Crippen LogP contribution in [0.2, 0.25) is 0 Å². The molecule has 36 heavy (non-hydrogen) atoms. The molecule has 1 aliphatic heterocycles. The molecule has 2 aromatic rings. The minimum atomic E-state index is -3.86. The molecule has 0 atom stereocenters. The second-order valence-corrected chi connectivity index (χ2v) is 12.4. The van der Waals surface area contributed by atoms with Gasteiger partial charge in [-0.2, -0.15) is 4.31 Å². The van der Waals surface area contributed by atoms with E-state index < -0.39 is 21.1 Å². The highest BCUT2D eigenvalue weighted by atomic mass is 32.2. The van der Waals surface area contributed by atoms with E-state index in [9.17, 15) is 18.0 Å². The van der Waals surface area contributed by atoms with E-state index >= 15 is 0 Å². The zero-order chi connectivity index (χ0) is 26.6. The Morgan fingerprint density at radius 1 is 1.00 bits per heavy atom. The van der Waals surface area contributed by atoms with E-state index in [4.69, 9.17) is 0 Å². The van der Waals surface area contributed by atoms with Crippen LogP contribution >= 0.6 is 0 Å². The standard InChI is InChI=1S/C28H37N3O4S/c1-6-25(32)30-23-19-27(2,3)31(28(4,5)20-23)36(34,35)24-16-14-22(15-17-24)26(33)29-18-10-13-21-11-8-7-9-12-21/h6-9,11-12,14-17,23H,1,10,13,18-20H2,2-5H3,(H,29,33)(H,30,32). The Balaban J connectivity index is 1.68. The lowest BCUT2D eigenvalue weighted by atomic mass is 9.79. The Bertz CT molecular complexity index is 1170. The third kappa shape index (κ3) is 6.42. The van der Waals surface area contributed by atoms with Gasteiger partial charge in [0.15, 0.2) is 0 Å². The van der Waals surface area contributed by atoms with Crippen LogP contribution in [0.4, 0.5) is 0 Å². The Morgan fingerprint density at radius 3 is 2.14 bits per heavy atom. The number of nitrogens with zero attached hydrogens (tertiary/aromatic N) is 1. The smallest absolute Gasteiger partial charge is 0.251 e. The average molecular weight is 512 g/mol. The molecule has 0 radical (unpaired) electrons. The molecule has 1 heterocycles. The predicted octanol–water partition coefficient (Wildman–Crippen LogP) is 4.06. The number of aryl methyl sites for hydroxylation is 1. The van der Waals surface area contributed by atoms with Crippen LogP contribution in [0.5, 0.6) is 0 Å². The highest BCUT2D eigenvalue weighted by Crippen LogP contribution is 2.42. The number of rotatable bonds is 9. The Hall–Kier alpha value is -2.97. The summed E-state index contributed by atoms with van der Waals surface area (Å²) in [5.74, 6) is -0.497. The van der Waals surface area contributed by atoms with Gasteiger partial charge in [-0.25, -0.2) is 8.42 Å². The van der Waals surface area contributed by atoms with Gasteiger partial charge in [0.2, 0.25) is 15.9 Å². The van der Waals surface area contributed by atoms with Crippen molar-refractivity contribution in [2.75, 3.05) is 6.54 Å². The largest absolute Gasteiger partial charge is 0.352 e. The van der Waals surface area contributed by atoms with E-state index in [2.05, 4.69) is 29.3 Å². The van der Waals surface area contributed by atoms with Gasteiger partial charge in [0.25, 0.3) is 5.91 Å². The fraction of sp³-hybridized carbons (Fsp3) is 0.429. The van der Waals surface area contributed by atoms with Gasteiger partial charge in [-0.05, 0) is 89.3 Å². The summed E-state index contributed by atoms with van der Waals surface area (Å²) in [6, 6.07) is 16.0. The van der Waals surface area contributed by atoms with Crippen LogP contribution in [0, 0.1) is 0 Å². The molecule has 1 saturated heterocycles. The molecule has 1 fully saturated rings. The first-order valence-corrected chi connectivity index (χ1v) is 13.7. The molecule has 2 N–H and O–H groups in total. The molecule has 194 valence electrons. The van der Waals surface area contributed by atoms with Gasteiger partial charge in [0.05, 0.1) is 4.90 Å². The molecule has 0 aromatic heterocycles. The number of sulfonamides is 1. The summed E-state index contributed by atoms with van der Waals surface area (Å²) in [6.45, 7) is 11.5. The van der Waals surface area contributed by atoms with Gasteiger partial charge < -0.3 is 10.6 Å². The number of benzene rings is 2. The second-order valence-electron chi connectivity index (χ2n) is 10.6. The molecular weight excluding hydrogens is 474 g/mol. The Labute approximate surface area is 215 Å². The molecule has 1 aliphatic rings. The topological polar surface area (TPSA) is 95.6 Å². The molecule has 3 rings (SSSR count). The highest BCUT2D eigenvalue weighted by molar-refractivity contribution is 7.89. The van der Waals surface area contributed by atoms with Crippen LogP contribution in [0.25, 0.3) is 0 Å². The number of amides is 2. The average Bonchev–Trinajstić information content (AvgIpc) is 2.80. The summed E-state index contributed by atoms with van der Waals surface area (Å²) < 4.78 is 29.0. The molecule has 2 amide bonds. The van der Waals surface area contributed by atoms with Crippen molar-refractivity contribution >= 4 is 21.8 Å². The van der Waals surface area contributed by atoms with Gasteiger partial charge in [-0.15, -0.1) is 0 Å². The highest BCUT2D eigenvalue weighted by Gasteiger charge is 2.51. The minimum absolute atomic E-state index is 0.137. The van der Waals surface area contributed by atoms with Crippen molar-refractivity contribution in [1.29, 1.82) is 0 Å². The van der Waals surface area contributed by atoms with Crippen LogP contribution in [-0.4, -0.2) is 48.2 Å². The SMILES string of the molecule is C=CC(=O)NC1CC(C)(C)N(S(=O)(=O)c2ccc(C(=O)NCCCc3ccccc3)cc2)C(C)(C)C1. The van der Waals surface area contributed by atoms with Crippen LogP contribution in [-0.2, 0) is 21.2 Å². The van der Waals surface area contributed by atoms with Gasteiger partial charge >= 0.3 is 0 Å². The van der Waals surface area contributed by atoms with Crippen LogP contribution in [0.3, 0.4) is 0 Å². The molecule has 0 saturated carbocycles. The first kappa shape index (κ1) is 27.6. The lowest BCUT2D eigenvalue weighted by molar-refractivity contribution is -0.118. The summed E-state index contributed by atoms with van der Waals surface area (Å²) in [6.07, 6.45) is 3.86. The van der Waals surface area contributed by atoms with Crippen molar-refractivity contribution in [2.45, 2.75) is 75.4 Å². The third-order valence-corrected chi connectivity index (χ3v) is 8.89. The summed E-state index contributed by atoms with van der Waals surface area (Å²) in [5.41, 5.74) is 0.153. The van der Waals surface area contributed by atoms with Crippen molar-refractivity contribution < 1.29 is 18.0 Å². The third-order valence-electron chi connectivity index (χ3n) is 6.55. The number of hydrogen-bond acceptors (Lipinski definition) is 4. The zero-order valence-electron chi connectivity index (χ0n) is 21.6. The summed E-state index contributed by atoms with van der Waals surface area (Å²) in [4.78, 5) is 24.5. The fourth-order valence-electron chi connectivity index (χ4n) is 5.40. The van der Waals surface area contributed by atoms with Crippen molar-refractivity contribution in [1.82, 2.24) is 14.9 Å². The maximum atomic E-state index is 13.8. The van der Waals surface area contributed by atoms with Crippen molar-refractivity contribution in [3.8, 4) is 0 Å². The van der Waals surface area contributed by atoms with E-state index in [0.717, 1.165) is 12.8 Å². The van der Waals surface area contributed by atoms with Crippen molar-refractivity contribution in [3.05, 3.63) is 78.4 Å². The molecule has 0 spiro atoms. The van der Waals surface area contributed by atoms with E-state index in [1.165, 1.54) is 23.8 Å². The zero-order valence-corrected chi connectivity index (χ0v) is 22.4. The van der Waals surface area contributed by atoms with Gasteiger partial charge in [-0.1, -0.05) is 36.9 Å². The number of carbonyl (C=O) groups excluding carboxylic acids is 2. The predicted molar refractivity (Wildman–Crippen MR) is 142 cm³/mol. The van der Waals surface area contributed by atoms with Gasteiger partial charge in [0, 0.05) is 29.2 Å². The maximum Gasteiger partial charge on any atom is 0.251 e. The molecule has 2 aromatic carbocycles.